The van der Waals surface area contributed by atoms with Gasteiger partial charge in [0, 0.05) is 0 Å². The summed E-state index contributed by atoms with van der Waals surface area (Å²) in [6, 6.07) is 7.50. The van der Waals surface area contributed by atoms with Gasteiger partial charge >= 0.3 is 0 Å². The van der Waals surface area contributed by atoms with Crippen LogP contribution in [0.15, 0.2) is 24.3 Å². The normalized spacial score (nSPS) is 10.5. The average molecular weight is 264 g/mol. The third-order valence-electron chi connectivity index (χ3n) is 2.77. The molecule has 0 aromatic heterocycles. The van der Waals surface area contributed by atoms with E-state index in [1.807, 2.05) is 43.1 Å². The summed E-state index contributed by atoms with van der Waals surface area (Å²) < 4.78 is 5.48. The second-order valence-corrected chi connectivity index (χ2v) is 4.57. The summed E-state index contributed by atoms with van der Waals surface area (Å²) in [5, 5.41) is 2.90. The molecule has 1 N–H and O–H groups in total. The van der Waals surface area contributed by atoms with Crippen LogP contribution < -0.4 is 10.1 Å². The third-order valence-corrected chi connectivity index (χ3v) is 2.77. The second kappa shape index (κ2) is 8.53. The molecule has 0 fully saturated rings. The Morgan fingerprint density at radius 3 is 2.74 bits per heavy atom. The molecule has 0 bridgehead atoms. The first kappa shape index (κ1) is 15.5. The number of hydrogen-bond donors (Lipinski definition) is 1. The summed E-state index contributed by atoms with van der Waals surface area (Å²) in [5.41, 5.74) is 0.734. The van der Waals surface area contributed by atoms with Crippen molar-refractivity contribution >= 4 is 11.6 Å². The van der Waals surface area contributed by atoms with E-state index in [0.717, 1.165) is 30.8 Å². The van der Waals surface area contributed by atoms with Crippen LogP contribution in [0.3, 0.4) is 0 Å². The van der Waals surface area contributed by atoms with E-state index in [4.69, 9.17) is 4.74 Å². The fourth-order valence-corrected chi connectivity index (χ4v) is 1.79. The number of unbranched alkanes of at least 4 members (excludes halogenated alkanes) is 1. The van der Waals surface area contributed by atoms with E-state index >= 15 is 0 Å². The van der Waals surface area contributed by atoms with Gasteiger partial charge in [0.05, 0.1) is 18.8 Å². The van der Waals surface area contributed by atoms with Crippen molar-refractivity contribution in [2.24, 2.45) is 0 Å². The van der Waals surface area contributed by atoms with Crippen LogP contribution in [0.2, 0.25) is 0 Å². The minimum Gasteiger partial charge on any atom is -0.492 e. The number of benzene rings is 1. The fraction of sp³-hybridized carbons (Fsp3) is 0.533. The van der Waals surface area contributed by atoms with Crippen LogP contribution in [0.1, 0.15) is 26.7 Å². The minimum atomic E-state index is -0.00856. The highest BCUT2D eigenvalue weighted by Crippen LogP contribution is 2.23. The second-order valence-electron chi connectivity index (χ2n) is 4.57. The van der Waals surface area contributed by atoms with Gasteiger partial charge in [-0.2, -0.15) is 0 Å². The molecule has 1 aromatic carbocycles. The lowest BCUT2D eigenvalue weighted by Crippen LogP contribution is -2.31. The molecule has 0 heterocycles. The minimum absolute atomic E-state index is 0.00856. The highest BCUT2D eigenvalue weighted by atomic mass is 16.5. The largest absolute Gasteiger partial charge is 0.492 e. The molecule has 0 saturated heterocycles. The zero-order chi connectivity index (χ0) is 14.1. The molecule has 1 rings (SSSR count). The zero-order valence-corrected chi connectivity index (χ0v) is 12.1. The molecule has 0 radical (unpaired) electrons. The van der Waals surface area contributed by atoms with Gasteiger partial charge in [-0.25, -0.2) is 0 Å². The summed E-state index contributed by atoms with van der Waals surface area (Å²) in [6.07, 6.45) is 2.25. The quantitative estimate of drug-likeness (QED) is 0.785. The number of hydrogen-bond acceptors (Lipinski definition) is 3. The van der Waals surface area contributed by atoms with Gasteiger partial charge in [-0.15, -0.1) is 0 Å². The molecule has 1 aromatic rings. The van der Waals surface area contributed by atoms with E-state index < -0.39 is 0 Å². The van der Waals surface area contributed by atoms with Crippen molar-refractivity contribution in [1.82, 2.24) is 4.90 Å². The average Bonchev–Trinajstić information content (AvgIpc) is 2.39. The van der Waals surface area contributed by atoms with Crippen LogP contribution in [0.5, 0.6) is 5.75 Å². The van der Waals surface area contributed by atoms with Crippen LogP contribution in [0.4, 0.5) is 5.69 Å². The van der Waals surface area contributed by atoms with Crippen molar-refractivity contribution < 1.29 is 9.53 Å². The molecule has 106 valence electrons. The van der Waals surface area contributed by atoms with Crippen molar-refractivity contribution in [3.05, 3.63) is 24.3 Å². The Morgan fingerprint density at radius 2 is 2.05 bits per heavy atom. The van der Waals surface area contributed by atoms with E-state index in [0.29, 0.717) is 13.2 Å². The van der Waals surface area contributed by atoms with Crippen molar-refractivity contribution in [3.63, 3.8) is 0 Å². The first-order chi connectivity index (χ1) is 9.17. The molecule has 0 saturated carbocycles. The topological polar surface area (TPSA) is 41.6 Å². The van der Waals surface area contributed by atoms with Crippen LogP contribution in [-0.2, 0) is 4.79 Å². The maximum atomic E-state index is 11.9. The van der Waals surface area contributed by atoms with E-state index in [9.17, 15) is 4.79 Å². The maximum Gasteiger partial charge on any atom is 0.238 e. The molecule has 0 aliphatic heterocycles. The van der Waals surface area contributed by atoms with E-state index in [1.54, 1.807) is 0 Å². The highest BCUT2D eigenvalue weighted by molar-refractivity contribution is 5.93. The first-order valence-electron chi connectivity index (χ1n) is 6.87. The van der Waals surface area contributed by atoms with Gasteiger partial charge in [-0.1, -0.05) is 25.5 Å². The van der Waals surface area contributed by atoms with Crippen LogP contribution in [0.25, 0.3) is 0 Å². The van der Waals surface area contributed by atoms with Gasteiger partial charge in [0.15, 0.2) is 0 Å². The van der Waals surface area contributed by atoms with E-state index in [1.165, 1.54) is 0 Å². The number of para-hydroxylation sites is 2. The predicted molar refractivity (Wildman–Crippen MR) is 78.6 cm³/mol. The summed E-state index contributed by atoms with van der Waals surface area (Å²) in [6.45, 7) is 6.00. The van der Waals surface area contributed by atoms with Crippen LogP contribution in [0, 0.1) is 0 Å². The number of likely N-dealkylation sites (N-methyl/N-ethyl adjacent to an activating group) is 1. The van der Waals surface area contributed by atoms with Gasteiger partial charge in [0.25, 0.3) is 0 Å². The molecule has 0 aliphatic carbocycles. The van der Waals surface area contributed by atoms with Crippen LogP contribution in [-0.4, -0.2) is 37.6 Å². The van der Waals surface area contributed by atoms with Crippen molar-refractivity contribution in [2.75, 3.05) is 32.1 Å². The molecule has 4 heteroatoms. The van der Waals surface area contributed by atoms with Gasteiger partial charge in [0.1, 0.15) is 5.75 Å². The number of amides is 1. The van der Waals surface area contributed by atoms with Crippen molar-refractivity contribution in [1.29, 1.82) is 0 Å². The summed E-state index contributed by atoms with van der Waals surface area (Å²) in [4.78, 5) is 14.0. The first-order valence-corrected chi connectivity index (χ1v) is 6.87. The number of nitrogens with zero attached hydrogens (tertiary/aromatic N) is 1. The lowest BCUT2D eigenvalue weighted by Gasteiger charge is -2.16. The highest BCUT2D eigenvalue weighted by Gasteiger charge is 2.09. The monoisotopic (exact) mass is 264 g/mol. The Labute approximate surface area is 115 Å². The zero-order valence-electron chi connectivity index (χ0n) is 12.1. The molecular weight excluding hydrogens is 240 g/mol. The Morgan fingerprint density at radius 1 is 1.32 bits per heavy atom. The molecule has 19 heavy (non-hydrogen) atoms. The number of anilines is 1. The number of rotatable bonds is 8. The molecule has 1 amide bonds. The van der Waals surface area contributed by atoms with Gasteiger partial charge < -0.3 is 10.1 Å². The standard InChI is InChI=1S/C15H24N2O2/c1-4-6-11-17(3)12-15(18)16-13-9-7-8-10-14(13)19-5-2/h7-10H,4-6,11-12H2,1-3H3,(H,16,18). The number of ether oxygens (including phenoxy) is 1. The molecule has 4 nitrogen and oxygen atoms in total. The molecular formula is C15H24N2O2. The predicted octanol–water partition coefficient (Wildman–Crippen LogP) is 2.76. The molecule has 0 atom stereocenters. The Hall–Kier alpha value is -1.55. The summed E-state index contributed by atoms with van der Waals surface area (Å²) in [5.74, 6) is 0.709. The summed E-state index contributed by atoms with van der Waals surface area (Å²) >= 11 is 0. The van der Waals surface area contributed by atoms with Gasteiger partial charge in [-0.3, -0.25) is 9.69 Å². The molecule has 0 unspecified atom stereocenters. The maximum absolute atomic E-state index is 11.9. The van der Waals surface area contributed by atoms with Gasteiger partial charge in [-0.05, 0) is 39.1 Å². The van der Waals surface area contributed by atoms with Crippen molar-refractivity contribution in [3.8, 4) is 5.75 Å². The Kier molecular flexibility index (Phi) is 6.97. The van der Waals surface area contributed by atoms with Gasteiger partial charge in [0.2, 0.25) is 5.91 Å². The summed E-state index contributed by atoms with van der Waals surface area (Å²) in [7, 11) is 1.96. The Bertz CT molecular complexity index is 393. The van der Waals surface area contributed by atoms with Crippen LogP contribution >= 0.6 is 0 Å². The number of carbonyl (C=O) groups excluding carboxylic acids is 1. The lowest BCUT2D eigenvalue weighted by atomic mass is 10.3. The lowest BCUT2D eigenvalue weighted by molar-refractivity contribution is -0.117. The third kappa shape index (κ3) is 5.75. The number of carbonyl (C=O) groups is 1. The Balaban J connectivity index is 2.52. The SMILES string of the molecule is CCCCN(C)CC(=O)Nc1ccccc1OCC. The molecule has 0 aliphatic rings. The number of nitrogens with one attached hydrogen (secondary N) is 1. The molecule has 0 spiro atoms. The fourth-order valence-electron chi connectivity index (χ4n) is 1.79. The smallest absolute Gasteiger partial charge is 0.238 e. The van der Waals surface area contributed by atoms with E-state index in [2.05, 4.69) is 12.2 Å². The van der Waals surface area contributed by atoms with Crippen molar-refractivity contribution in [2.45, 2.75) is 26.7 Å². The van der Waals surface area contributed by atoms with E-state index in [-0.39, 0.29) is 5.91 Å².